The summed E-state index contributed by atoms with van der Waals surface area (Å²) >= 11 is 0. The number of anilines is 2. The van der Waals surface area contributed by atoms with E-state index in [1.54, 1.807) is 4.90 Å². The minimum absolute atomic E-state index is 0.0709. The summed E-state index contributed by atoms with van der Waals surface area (Å²) in [5.74, 6) is -0.825. The Labute approximate surface area is 172 Å². The number of furan rings is 1. The Bertz CT molecular complexity index is 1110. The monoisotopic (exact) mass is 439 g/mol. The molecule has 0 spiro atoms. The molecule has 12 heteroatoms. The van der Waals surface area contributed by atoms with E-state index >= 15 is 0 Å². The van der Waals surface area contributed by atoms with Gasteiger partial charge in [-0.1, -0.05) is 0 Å². The first kappa shape index (κ1) is 20.8. The number of rotatable bonds is 4. The van der Waals surface area contributed by atoms with Crippen molar-refractivity contribution < 1.29 is 31.9 Å². The van der Waals surface area contributed by atoms with Crippen molar-refractivity contribution in [1.82, 2.24) is 15.3 Å². The van der Waals surface area contributed by atoms with Crippen molar-refractivity contribution in [2.75, 3.05) is 23.3 Å². The van der Waals surface area contributed by atoms with Crippen molar-refractivity contribution in [3.63, 3.8) is 0 Å². The Kier molecular flexibility index (Phi) is 5.17. The van der Waals surface area contributed by atoms with E-state index in [1.165, 1.54) is 25.4 Å². The molecule has 0 aliphatic carbocycles. The molecular weight excluding hydrogens is 422 g/mol. The van der Waals surface area contributed by atoms with Crippen LogP contribution in [-0.2, 0) is 0 Å². The minimum Gasteiger partial charge on any atom is -0.458 e. The quantitative estimate of drug-likeness (QED) is 0.539. The van der Waals surface area contributed by atoms with E-state index in [9.17, 15) is 27.5 Å². The summed E-state index contributed by atoms with van der Waals surface area (Å²) in [4.78, 5) is 21.9. The van der Waals surface area contributed by atoms with E-state index in [1.807, 2.05) is 5.32 Å². The molecule has 1 aliphatic rings. The second kappa shape index (κ2) is 7.69. The Morgan fingerprint density at radius 1 is 1.29 bits per heavy atom. The number of nitrogens with zero attached hydrogens (tertiary/aromatic N) is 3. The second-order valence-electron chi connectivity index (χ2n) is 7.14. The van der Waals surface area contributed by atoms with Crippen LogP contribution in [0.3, 0.4) is 0 Å². The average Bonchev–Trinajstić information content (AvgIpc) is 2.99. The van der Waals surface area contributed by atoms with Crippen LogP contribution in [0, 0.1) is 12.7 Å². The Hall–Kier alpha value is -3.41. The number of carbonyl (C=O) groups is 1. The number of β-amino-alcohol motifs (C(OH)–C–C–N with tert-alkyl or cyclic N) is 1. The van der Waals surface area contributed by atoms with Crippen LogP contribution in [0.2, 0.25) is 0 Å². The van der Waals surface area contributed by atoms with Gasteiger partial charge in [-0.3, -0.25) is 0 Å². The molecule has 8 nitrogen and oxygen atoms in total. The van der Waals surface area contributed by atoms with Gasteiger partial charge in [0.25, 0.3) is 0 Å². The van der Waals surface area contributed by atoms with Crippen molar-refractivity contribution in [2.45, 2.75) is 25.2 Å². The van der Waals surface area contributed by atoms with Crippen molar-refractivity contribution in [3.05, 3.63) is 47.7 Å². The summed E-state index contributed by atoms with van der Waals surface area (Å²) in [7, 11) is 0. The standard InChI is InChI=1S/C19H17F4N5O3/c1-9-13-4-10(20)2-3-14(13)31-15(9)16(19(21,22)23)27-18(30)26-11-5-24-17(25-6-11)28-7-12(29)8-28/h2-6,12,16,29H,7-8H2,1H3,(H2,26,27,30)/t16-/m1/s1. The van der Waals surface area contributed by atoms with Crippen LogP contribution >= 0.6 is 0 Å². The van der Waals surface area contributed by atoms with Gasteiger partial charge in [0.05, 0.1) is 24.2 Å². The maximum Gasteiger partial charge on any atom is 0.416 e. The number of aliphatic hydroxyl groups excluding tert-OH is 1. The number of aromatic nitrogens is 2. The summed E-state index contributed by atoms with van der Waals surface area (Å²) in [5, 5.41) is 13.6. The molecule has 2 aromatic heterocycles. The van der Waals surface area contributed by atoms with Crippen molar-refractivity contribution >= 4 is 28.6 Å². The molecule has 2 amide bonds. The minimum atomic E-state index is -4.87. The number of benzene rings is 1. The first-order valence-electron chi connectivity index (χ1n) is 9.19. The number of nitrogens with one attached hydrogen (secondary N) is 2. The molecule has 164 valence electrons. The van der Waals surface area contributed by atoms with Crippen LogP contribution in [0.4, 0.5) is 34.0 Å². The van der Waals surface area contributed by atoms with Gasteiger partial charge < -0.3 is 25.1 Å². The van der Waals surface area contributed by atoms with E-state index in [0.717, 1.165) is 12.1 Å². The number of halogens is 4. The predicted octanol–water partition coefficient (Wildman–Crippen LogP) is 3.28. The molecule has 1 atom stereocenters. The third kappa shape index (κ3) is 4.24. The van der Waals surface area contributed by atoms with E-state index < -0.39 is 35.9 Å². The van der Waals surface area contributed by atoms with Crippen molar-refractivity contribution in [2.24, 2.45) is 0 Å². The molecule has 3 N–H and O–H groups in total. The number of fused-ring (bicyclic) bond motifs is 1. The molecule has 0 unspecified atom stereocenters. The van der Waals surface area contributed by atoms with Crippen molar-refractivity contribution in [1.29, 1.82) is 0 Å². The SMILES string of the molecule is Cc1c([C@@H](NC(=O)Nc2cnc(N3CC(O)C3)nc2)C(F)(F)F)oc2ccc(F)cc12. The number of hydrogen-bond acceptors (Lipinski definition) is 6. The molecule has 4 rings (SSSR count). The van der Waals surface area contributed by atoms with Gasteiger partial charge in [-0.05, 0) is 25.1 Å². The molecule has 0 saturated carbocycles. The molecule has 31 heavy (non-hydrogen) atoms. The lowest BCUT2D eigenvalue weighted by Crippen LogP contribution is -2.51. The van der Waals surface area contributed by atoms with Crippen LogP contribution < -0.4 is 15.5 Å². The van der Waals surface area contributed by atoms with Gasteiger partial charge in [0.1, 0.15) is 17.2 Å². The molecule has 3 heterocycles. The lowest BCUT2D eigenvalue weighted by Gasteiger charge is -2.35. The molecular formula is C19H17F4N5O3. The normalized spacial score (nSPS) is 15.6. The summed E-state index contributed by atoms with van der Waals surface area (Å²) in [6.45, 7) is 2.11. The Balaban J connectivity index is 1.51. The predicted molar refractivity (Wildman–Crippen MR) is 102 cm³/mol. The van der Waals surface area contributed by atoms with E-state index in [2.05, 4.69) is 15.3 Å². The largest absolute Gasteiger partial charge is 0.458 e. The summed E-state index contributed by atoms with van der Waals surface area (Å²) in [5.41, 5.74) is 0.221. The Morgan fingerprint density at radius 3 is 2.58 bits per heavy atom. The number of aliphatic hydroxyl groups is 1. The topological polar surface area (TPSA) is 104 Å². The number of aryl methyl sites for hydroxylation is 1. The summed E-state index contributed by atoms with van der Waals surface area (Å²) in [6, 6.07) is -0.233. The number of hydrogen-bond donors (Lipinski definition) is 3. The van der Waals surface area contributed by atoms with E-state index in [4.69, 9.17) is 4.42 Å². The first-order chi connectivity index (χ1) is 14.6. The number of urea groups is 1. The molecule has 1 saturated heterocycles. The third-order valence-electron chi connectivity index (χ3n) is 4.84. The van der Waals surface area contributed by atoms with Gasteiger partial charge in [0, 0.05) is 24.0 Å². The van der Waals surface area contributed by atoms with Crippen LogP contribution in [0.1, 0.15) is 17.4 Å². The van der Waals surface area contributed by atoms with Crippen molar-refractivity contribution in [3.8, 4) is 0 Å². The summed E-state index contributed by atoms with van der Waals surface area (Å²) in [6.07, 6.45) is -2.84. The molecule has 1 fully saturated rings. The molecule has 1 aliphatic heterocycles. The second-order valence-corrected chi connectivity index (χ2v) is 7.14. The highest BCUT2D eigenvalue weighted by molar-refractivity contribution is 5.89. The van der Waals surface area contributed by atoms with E-state index in [-0.39, 0.29) is 22.2 Å². The highest BCUT2D eigenvalue weighted by Crippen LogP contribution is 2.38. The summed E-state index contributed by atoms with van der Waals surface area (Å²) < 4.78 is 59.8. The van der Waals surface area contributed by atoms with Gasteiger partial charge in [-0.15, -0.1) is 0 Å². The van der Waals surface area contributed by atoms with E-state index in [0.29, 0.717) is 19.0 Å². The lowest BCUT2D eigenvalue weighted by molar-refractivity contribution is -0.158. The highest BCUT2D eigenvalue weighted by atomic mass is 19.4. The van der Waals surface area contributed by atoms with Gasteiger partial charge in [0.15, 0.2) is 6.04 Å². The smallest absolute Gasteiger partial charge is 0.416 e. The number of carbonyl (C=O) groups excluding carboxylic acids is 1. The third-order valence-corrected chi connectivity index (χ3v) is 4.84. The lowest BCUT2D eigenvalue weighted by atomic mass is 10.1. The van der Waals surface area contributed by atoms with Crippen LogP contribution in [0.15, 0.2) is 35.0 Å². The zero-order chi connectivity index (χ0) is 22.3. The molecule has 3 aromatic rings. The van der Waals surface area contributed by atoms with Gasteiger partial charge >= 0.3 is 12.2 Å². The fourth-order valence-corrected chi connectivity index (χ4v) is 3.25. The zero-order valence-electron chi connectivity index (χ0n) is 16.1. The van der Waals surface area contributed by atoms with Gasteiger partial charge in [0.2, 0.25) is 5.95 Å². The maximum atomic E-state index is 13.7. The highest BCUT2D eigenvalue weighted by Gasteiger charge is 2.45. The first-order valence-corrected chi connectivity index (χ1v) is 9.19. The molecule has 0 bridgehead atoms. The number of amides is 2. The van der Waals surface area contributed by atoms with Gasteiger partial charge in [-0.2, -0.15) is 13.2 Å². The molecule has 1 aromatic carbocycles. The average molecular weight is 439 g/mol. The fraction of sp³-hybridized carbons (Fsp3) is 0.316. The molecule has 0 radical (unpaired) electrons. The van der Waals surface area contributed by atoms with Crippen LogP contribution in [0.25, 0.3) is 11.0 Å². The number of alkyl halides is 3. The van der Waals surface area contributed by atoms with Crippen LogP contribution in [0.5, 0.6) is 0 Å². The zero-order valence-corrected chi connectivity index (χ0v) is 16.1. The van der Waals surface area contributed by atoms with Crippen LogP contribution in [-0.4, -0.2) is 46.5 Å². The fourth-order valence-electron chi connectivity index (χ4n) is 3.25. The van der Waals surface area contributed by atoms with Gasteiger partial charge in [-0.25, -0.2) is 19.2 Å². The maximum absolute atomic E-state index is 13.7. The Morgan fingerprint density at radius 2 is 1.97 bits per heavy atom.